The first-order valence-corrected chi connectivity index (χ1v) is 5.35. The maximum atomic E-state index is 11.1. The molecule has 1 N–H and O–H groups in total. The third kappa shape index (κ3) is 1.78. The smallest absolute Gasteiger partial charge is 0.336 e. The van der Waals surface area contributed by atoms with E-state index in [1.807, 2.05) is 18.2 Å². The lowest BCUT2D eigenvalue weighted by molar-refractivity contribution is 0.0699. The summed E-state index contributed by atoms with van der Waals surface area (Å²) < 4.78 is 0. The number of carboxylic acids is 1. The highest BCUT2D eigenvalue weighted by molar-refractivity contribution is 6.03. The fourth-order valence-electron chi connectivity index (χ4n) is 1.84. The minimum Gasteiger partial charge on any atom is -0.478 e. The van der Waals surface area contributed by atoms with Gasteiger partial charge in [-0.2, -0.15) is 0 Å². The second-order valence-corrected chi connectivity index (χ2v) is 4.25. The summed E-state index contributed by atoms with van der Waals surface area (Å²) in [5, 5.41) is 10.9. The van der Waals surface area contributed by atoms with Crippen LogP contribution in [0.3, 0.4) is 0 Å². The maximum Gasteiger partial charge on any atom is 0.336 e. The molecule has 0 radical (unpaired) electrons. The van der Waals surface area contributed by atoms with Gasteiger partial charge in [-0.25, -0.2) is 4.79 Å². The van der Waals surface area contributed by atoms with Gasteiger partial charge in [-0.15, -0.1) is 0 Å². The van der Waals surface area contributed by atoms with E-state index in [0.717, 1.165) is 10.8 Å². The Bertz CT molecular complexity index is 541. The Balaban J connectivity index is 2.73. The molecule has 0 bridgehead atoms. The highest BCUT2D eigenvalue weighted by atomic mass is 16.4. The molecular weight excluding hydrogens is 200 g/mol. The predicted molar refractivity (Wildman–Crippen MR) is 65.0 cm³/mol. The molecule has 0 spiro atoms. The summed E-state index contributed by atoms with van der Waals surface area (Å²) >= 11 is 0. The normalized spacial score (nSPS) is 10.9. The molecule has 0 saturated carbocycles. The molecule has 0 unspecified atom stereocenters. The SMILES string of the molecule is CC(C)c1ccc2cccc(C(=O)O)c2c1. The highest BCUT2D eigenvalue weighted by Crippen LogP contribution is 2.24. The van der Waals surface area contributed by atoms with Crippen LogP contribution in [-0.2, 0) is 0 Å². The molecule has 0 saturated heterocycles. The van der Waals surface area contributed by atoms with E-state index in [9.17, 15) is 4.79 Å². The van der Waals surface area contributed by atoms with Crippen molar-refractivity contribution in [3.05, 3.63) is 47.5 Å². The summed E-state index contributed by atoms with van der Waals surface area (Å²) in [5.74, 6) is -0.460. The van der Waals surface area contributed by atoms with Crippen LogP contribution in [0.2, 0.25) is 0 Å². The van der Waals surface area contributed by atoms with Crippen molar-refractivity contribution in [2.75, 3.05) is 0 Å². The highest BCUT2D eigenvalue weighted by Gasteiger charge is 2.09. The van der Waals surface area contributed by atoms with Crippen molar-refractivity contribution >= 4 is 16.7 Å². The first-order valence-electron chi connectivity index (χ1n) is 5.35. The molecule has 0 amide bonds. The van der Waals surface area contributed by atoms with Gasteiger partial charge in [0.1, 0.15) is 0 Å². The third-order valence-electron chi connectivity index (χ3n) is 2.80. The van der Waals surface area contributed by atoms with Crippen LogP contribution < -0.4 is 0 Å². The van der Waals surface area contributed by atoms with E-state index in [2.05, 4.69) is 19.9 Å². The Morgan fingerprint density at radius 2 is 1.94 bits per heavy atom. The summed E-state index contributed by atoms with van der Waals surface area (Å²) in [6.45, 7) is 4.20. The lowest BCUT2D eigenvalue weighted by Crippen LogP contribution is -1.98. The molecule has 0 heterocycles. The molecule has 2 aromatic carbocycles. The van der Waals surface area contributed by atoms with Crippen LogP contribution in [-0.4, -0.2) is 11.1 Å². The van der Waals surface area contributed by atoms with Gasteiger partial charge in [0.25, 0.3) is 0 Å². The molecule has 0 aliphatic rings. The van der Waals surface area contributed by atoms with Crippen molar-refractivity contribution in [1.82, 2.24) is 0 Å². The number of fused-ring (bicyclic) bond motifs is 1. The van der Waals surface area contributed by atoms with Gasteiger partial charge in [-0.05, 0) is 28.3 Å². The third-order valence-corrected chi connectivity index (χ3v) is 2.80. The average Bonchev–Trinajstić information content (AvgIpc) is 2.27. The van der Waals surface area contributed by atoms with E-state index in [1.165, 1.54) is 5.56 Å². The Kier molecular flexibility index (Phi) is 2.65. The van der Waals surface area contributed by atoms with Crippen molar-refractivity contribution in [2.24, 2.45) is 0 Å². The number of aromatic carboxylic acids is 1. The fourth-order valence-corrected chi connectivity index (χ4v) is 1.84. The molecule has 82 valence electrons. The second-order valence-electron chi connectivity index (χ2n) is 4.25. The molecule has 0 fully saturated rings. The predicted octanol–water partition coefficient (Wildman–Crippen LogP) is 3.66. The van der Waals surface area contributed by atoms with Gasteiger partial charge in [0, 0.05) is 0 Å². The minimum absolute atomic E-state index is 0.375. The number of benzene rings is 2. The molecule has 0 aromatic heterocycles. The number of hydrogen-bond donors (Lipinski definition) is 1. The zero-order valence-corrected chi connectivity index (χ0v) is 9.40. The first kappa shape index (κ1) is 10.7. The van der Waals surface area contributed by atoms with E-state index in [-0.39, 0.29) is 0 Å². The number of rotatable bonds is 2. The van der Waals surface area contributed by atoms with Crippen molar-refractivity contribution in [3.8, 4) is 0 Å². The number of carbonyl (C=O) groups is 1. The summed E-state index contributed by atoms with van der Waals surface area (Å²) in [7, 11) is 0. The van der Waals surface area contributed by atoms with Crippen molar-refractivity contribution in [1.29, 1.82) is 0 Å². The second kappa shape index (κ2) is 3.97. The van der Waals surface area contributed by atoms with Crippen LogP contribution in [0.1, 0.15) is 35.7 Å². The Labute approximate surface area is 94.5 Å². The summed E-state index contributed by atoms with van der Waals surface area (Å²) in [5.41, 5.74) is 1.54. The molecule has 0 aliphatic carbocycles. The van der Waals surface area contributed by atoms with Crippen LogP contribution in [0.4, 0.5) is 0 Å². The summed E-state index contributed by atoms with van der Waals surface area (Å²) in [4.78, 5) is 11.1. The van der Waals surface area contributed by atoms with Gasteiger partial charge in [0.05, 0.1) is 5.56 Å². The molecular formula is C14H14O2. The fraction of sp³-hybridized carbons (Fsp3) is 0.214. The zero-order chi connectivity index (χ0) is 11.7. The zero-order valence-electron chi connectivity index (χ0n) is 9.40. The van der Waals surface area contributed by atoms with Gasteiger partial charge >= 0.3 is 5.97 Å². The molecule has 16 heavy (non-hydrogen) atoms. The monoisotopic (exact) mass is 214 g/mol. The quantitative estimate of drug-likeness (QED) is 0.828. The van der Waals surface area contributed by atoms with Gasteiger partial charge < -0.3 is 5.11 Å². The summed E-state index contributed by atoms with van der Waals surface area (Å²) in [6.07, 6.45) is 0. The van der Waals surface area contributed by atoms with Gasteiger partial charge in [-0.3, -0.25) is 0 Å². The standard InChI is InChI=1S/C14H14O2/c1-9(2)11-7-6-10-4-3-5-12(14(15)16)13(10)8-11/h3-9H,1-2H3,(H,15,16). The number of carboxylic acid groups (broad SMARTS) is 1. The molecule has 2 heteroatoms. The van der Waals surface area contributed by atoms with Crippen LogP contribution in [0.15, 0.2) is 36.4 Å². The van der Waals surface area contributed by atoms with Crippen LogP contribution >= 0.6 is 0 Å². The maximum absolute atomic E-state index is 11.1. The van der Waals surface area contributed by atoms with Gasteiger partial charge in [0.2, 0.25) is 0 Å². The molecule has 2 aromatic rings. The van der Waals surface area contributed by atoms with Gasteiger partial charge in [-0.1, -0.05) is 44.2 Å². The Morgan fingerprint density at radius 3 is 2.56 bits per heavy atom. The van der Waals surface area contributed by atoms with E-state index < -0.39 is 5.97 Å². The van der Waals surface area contributed by atoms with E-state index >= 15 is 0 Å². The first-order chi connectivity index (χ1) is 7.59. The van der Waals surface area contributed by atoms with E-state index in [4.69, 9.17) is 5.11 Å². The average molecular weight is 214 g/mol. The topological polar surface area (TPSA) is 37.3 Å². The lowest BCUT2D eigenvalue weighted by atomic mass is 9.97. The Morgan fingerprint density at radius 1 is 1.19 bits per heavy atom. The molecule has 2 nitrogen and oxygen atoms in total. The van der Waals surface area contributed by atoms with Crippen LogP contribution in [0.25, 0.3) is 10.8 Å². The number of hydrogen-bond acceptors (Lipinski definition) is 1. The molecule has 2 rings (SSSR count). The van der Waals surface area contributed by atoms with Crippen LogP contribution in [0, 0.1) is 0 Å². The van der Waals surface area contributed by atoms with Crippen molar-refractivity contribution in [2.45, 2.75) is 19.8 Å². The van der Waals surface area contributed by atoms with E-state index in [0.29, 0.717) is 11.5 Å². The van der Waals surface area contributed by atoms with E-state index in [1.54, 1.807) is 12.1 Å². The van der Waals surface area contributed by atoms with Crippen LogP contribution in [0.5, 0.6) is 0 Å². The van der Waals surface area contributed by atoms with Crippen molar-refractivity contribution < 1.29 is 9.90 Å². The summed E-state index contributed by atoms with van der Waals surface area (Å²) in [6, 6.07) is 11.4. The largest absolute Gasteiger partial charge is 0.478 e. The Hall–Kier alpha value is -1.83. The molecule has 0 aliphatic heterocycles. The lowest BCUT2D eigenvalue weighted by Gasteiger charge is -2.08. The minimum atomic E-state index is -0.869. The molecule has 0 atom stereocenters. The van der Waals surface area contributed by atoms with Crippen molar-refractivity contribution in [3.63, 3.8) is 0 Å². The van der Waals surface area contributed by atoms with Gasteiger partial charge in [0.15, 0.2) is 0 Å².